The minimum Gasteiger partial charge on any atom is -0.444 e. The van der Waals surface area contributed by atoms with E-state index in [1.54, 1.807) is 6.33 Å². The number of aromatic nitrogens is 2. The van der Waals surface area contributed by atoms with Crippen molar-refractivity contribution >= 4 is 6.09 Å². The first-order valence-corrected chi connectivity index (χ1v) is 8.69. The van der Waals surface area contributed by atoms with Crippen molar-refractivity contribution in [3.8, 4) is 0 Å². The van der Waals surface area contributed by atoms with Gasteiger partial charge in [0.1, 0.15) is 5.60 Å². The van der Waals surface area contributed by atoms with E-state index >= 15 is 0 Å². The van der Waals surface area contributed by atoms with Gasteiger partial charge in [-0.3, -0.25) is 0 Å². The monoisotopic (exact) mass is 338 g/mol. The maximum atomic E-state index is 11.8. The lowest BCUT2D eigenvalue weighted by molar-refractivity contribution is 0.0478. The molecule has 0 unspecified atom stereocenters. The van der Waals surface area contributed by atoms with E-state index in [1.807, 2.05) is 31.5 Å². The molecule has 1 aliphatic rings. The number of aryl methyl sites for hydroxylation is 1. The number of aliphatic hydroxyl groups excluding tert-OH is 1. The fraction of sp³-hybridized carbons (Fsp3) is 0.765. The smallest absolute Gasteiger partial charge is 0.407 e. The highest BCUT2D eigenvalue weighted by atomic mass is 16.6. The maximum Gasteiger partial charge on any atom is 0.407 e. The number of amides is 1. The molecule has 7 heteroatoms. The summed E-state index contributed by atoms with van der Waals surface area (Å²) in [6, 6.07) is 0.205. The number of carbonyl (C=O) groups excluding carboxylic acids is 1. The highest BCUT2D eigenvalue weighted by Crippen LogP contribution is 2.13. The number of carbonyl (C=O) groups is 1. The molecule has 24 heavy (non-hydrogen) atoms. The summed E-state index contributed by atoms with van der Waals surface area (Å²) in [7, 11) is 0. The van der Waals surface area contributed by atoms with Gasteiger partial charge in [0.25, 0.3) is 0 Å². The molecule has 1 saturated heterocycles. The number of ether oxygens (including phenoxy) is 1. The van der Waals surface area contributed by atoms with Crippen LogP contribution >= 0.6 is 0 Å². The number of rotatable bonds is 6. The topological polar surface area (TPSA) is 79.6 Å². The molecule has 0 bridgehead atoms. The fourth-order valence-corrected chi connectivity index (χ4v) is 2.86. The Morgan fingerprint density at radius 1 is 1.38 bits per heavy atom. The van der Waals surface area contributed by atoms with Crippen LogP contribution in [0.25, 0.3) is 0 Å². The average Bonchev–Trinajstić information content (AvgIpc) is 2.95. The first-order chi connectivity index (χ1) is 11.4. The second-order valence-electron chi connectivity index (χ2n) is 7.38. The van der Waals surface area contributed by atoms with Crippen LogP contribution < -0.4 is 5.32 Å². The molecule has 0 aromatic carbocycles. The van der Waals surface area contributed by atoms with Crippen LogP contribution in [0.5, 0.6) is 0 Å². The predicted octanol–water partition coefficient (Wildman–Crippen LogP) is 1.75. The van der Waals surface area contributed by atoms with Gasteiger partial charge in [0.15, 0.2) is 0 Å². The van der Waals surface area contributed by atoms with Crippen LogP contribution in [0.1, 0.15) is 45.7 Å². The number of imidazole rings is 1. The lowest BCUT2D eigenvalue weighted by atomic mass is 10.1. The SMILES string of the molecule is CC(C)(C)OC(=O)NC1CCN(CCCn2cnc(CO)c2)CC1. The number of nitrogens with zero attached hydrogens (tertiary/aromatic N) is 3. The Balaban J connectivity index is 1.61. The zero-order chi connectivity index (χ0) is 17.6. The van der Waals surface area contributed by atoms with Crippen molar-refractivity contribution in [3.05, 3.63) is 18.2 Å². The van der Waals surface area contributed by atoms with Crippen LogP contribution in [0.4, 0.5) is 4.79 Å². The van der Waals surface area contributed by atoms with Crippen molar-refractivity contribution in [2.45, 2.75) is 64.8 Å². The fourth-order valence-electron chi connectivity index (χ4n) is 2.86. The Morgan fingerprint density at radius 2 is 2.08 bits per heavy atom. The van der Waals surface area contributed by atoms with Gasteiger partial charge in [-0.15, -0.1) is 0 Å². The van der Waals surface area contributed by atoms with E-state index in [1.165, 1.54) is 0 Å². The zero-order valence-corrected chi connectivity index (χ0v) is 15.0. The molecule has 2 N–H and O–H groups in total. The Morgan fingerprint density at radius 3 is 2.67 bits per heavy atom. The average molecular weight is 338 g/mol. The van der Waals surface area contributed by atoms with Gasteiger partial charge in [0.05, 0.1) is 18.6 Å². The Hall–Kier alpha value is -1.60. The number of alkyl carbamates (subject to hydrolysis) is 1. The van der Waals surface area contributed by atoms with Crippen LogP contribution in [0, 0.1) is 0 Å². The largest absolute Gasteiger partial charge is 0.444 e. The summed E-state index contributed by atoms with van der Waals surface area (Å²) in [6.07, 6.45) is 6.30. The van der Waals surface area contributed by atoms with Gasteiger partial charge in [0.2, 0.25) is 0 Å². The van der Waals surface area contributed by atoms with Crippen LogP contribution in [0.3, 0.4) is 0 Å². The number of hydrogen-bond acceptors (Lipinski definition) is 5. The summed E-state index contributed by atoms with van der Waals surface area (Å²) in [5.41, 5.74) is 0.262. The van der Waals surface area contributed by atoms with Crippen molar-refractivity contribution in [1.82, 2.24) is 19.8 Å². The third-order valence-corrected chi connectivity index (χ3v) is 4.05. The Bertz CT molecular complexity index is 516. The molecule has 0 radical (unpaired) electrons. The molecule has 0 spiro atoms. The minimum absolute atomic E-state index is 0.00877. The van der Waals surface area contributed by atoms with E-state index < -0.39 is 5.60 Å². The van der Waals surface area contributed by atoms with Crippen LogP contribution in [0.2, 0.25) is 0 Å². The number of aliphatic hydroxyl groups is 1. The van der Waals surface area contributed by atoms with Gasteiger partial charge < -0.3 is 24.6 Å². The van der Waals surface area contributed by atoms with E-state index in [-0.39, 0.29) is 18.7 Å². The predicted molar refractivity (Wildman–Crippen MR) is 91.6 cm³/mol. The maximum absolute atomic E-state index is 11.8. The molecule has 1 amide bonds. The summed E-state index contributed by atoms with van der Waals surface area (Å²) in [5, 5.41) is 12.0. The molecular weight excluding hydrogens is 308 g/mol. The van der Waals surface area contributed by atoms with Crippen molar-refractivity contribution in [2.24, 2.45) is 0 Å². The van der Waals surface area contributed by atoms with E-state index in [9.17, 15) is 4.79 Å². The molecule has 2 heterocycles. The summed E-state index contributed by atoms with van der Waals surface area (Å²) in [4.78, 5) is 18.3. The number of piperidine rings is 1. The summed E-state index contributed by atoms with van der Waals surface area (Å²) in [5.74, 6) is 0. The third-order valence-electron chi connectivity index (χ3n) is 4.05. The summed E-state index contributed by atoms with van der Waals surface area (Å²) >= 11 is 0. The molecule has 1 fully saturated rings. The highest BCUT2D eigenvalue weighted by molar-refractivity contribution is 5.68. The second kappa shape index (κ2) is 8.48. The molecular formula is C17H30N4O3. The van der Waals surface area contributed by atoms with E-state index in [0.717, 1.165) is 45.4 Å². The van der Waals surface area contributed by atoms with Gasteiger partial charge in [-0.05, 0) is 46.6 Å². The number of nitrogens with one attached hydrogen (secondary N) is 1. The molecule has 0 saturated carbocycles. The van der Waals surface area contributed by atoms with E-state index in [4.69, 9.17) is 9.84 Å². The molecule has 1 aromatic rings. The van der Waals surface area contributed by atoms with E-state index in [0.29, 0.717) is 5.69 Å². The summed E-state index contributed by atoms with van der Waals surface area (Å²) in [6.45, 7) is 9.54. The molecule has 0 aliphatic carbocycles. The van der Waals surface area contributed by atoms with Crippen molar-refractivity contribution in [1.29, 1.82) is 0 Å². The van der Waals surface area contributed by atoms with Gasteiger partial charge >= 0.3 is 6.09 Å². The molecule has 1 aromatic heterocycles. The standard InChI is InChI=1S/C17H30N4O3/c1-17(2,3)24-16(23)19-14-5-9-20(10-6-14)7-4-8-21-11-15(12-22)18-13-21/h11,13-14,22H,4-10,12H2,1-3H3,(H,19,23). The van der Waals surface area contributed by atoms with Crippen LogP contribution in [-0.2, 0) is 17.9 Å². The minimum atomic E-state index is -0.450. The molecule has 136 valence electrons. The van der Waals surface area contributed by atoms with Crippen molar-refractivity contribution in [3.63, 3.8) is 0 Å². The number of hydrogen-bond donors (Lipinski definition) is 2. The van der Waals surface area contributed by atoms with E-state index in [2.05, 4.69) is 15.2 Å². The first kappa shape index (κ1) is 18.7. The lowest BCUT2D eigenvalue weighted by Gasteiger charge is -2.32. The van der Waals surface area contributed by atoms with Gasteiger partial charge in [-0.25, -0.2) is 9.78 Å². The Labute approximate surface area is 144 Å². The normalized spacial score (nSPS) is 17.0. The number of likely N-dealkylation sites (tertiary alicyclic amines) is 1. The van der Waals surface area contributed by atoms with Gasteiger partial charge in [-0.1, -0.05) is 0 Å². The van der Waals surface area contributed by atoms with Crippen LogP contribution in [0.15, 0.2) is 12.5 Å². The third kappa shape index (κ3) is 6.49. The van der Waals surface area contributed by atoms with Gasteiger partial charge in [0, 0.05) is 31.9 Å². The first-order valence-electron chi connectivity index (χ1n) is 8.69. The zero-order valence-electron chi connectivity index (χ0n) is 15.0. The second-order valence-corrected chi connectivity index (χ2v) is 7.38. The van der Waals surface area contributed by atoms with Crippen LogP contribution in [-0.4, -0.2) is 56.9 Å². The molecule has 2 rings (SSSR count). The highest BCUT2D eigenvalue weighted by Gasteiger charge is 2.23. The Kier molecular flexibility index (Phi) is 6.62. The van der Waals surface area contributed by atoms with Crippen molar-refractivity contribution in [2.75, 3.05) is 19.6 Å². The molecule has 1 aliphatic heterocycles. The molecule has 0 atom stereocenters. The quantitative estimate of drug-likeness (QED) is 0.826. The molecule has 7 nitrogen and oxygen atoms in total. The lowest BCUT2D eigenvalue weighted by Crippen LogP contribution is -2.46. The van der Waals surface area contributed by atoms with Crippen molar-refractivity contribution < 1.29 is 14.6 Å². The summed E-state index contributed by atoms with van der Waals surface area (Å²) < 4.78 is 7.32. The van der Waals surface area contributed by atoms with Gasteiger partial charge in [-0.2, -0.15) is 0 Å².